The second-order valence-electron chi connectivity index (χ2n) is 6.05. The van der Waals surface area contributed by atoms with Crippen LogP contribution >= 0.6 is 0 Å². The Morgan fingerprint density at radius 1 is 1.40 bits per heavy atom. The third-order valence-electron chi connectivity index (χ3n) is 3.81. The van der Waals surface area contributed by atoms with Crippen molar-refractivity contribution in [3.63, 3.8) is 0 Å². The summed E-state index contributed by atoms with van der Waals surface area (Å²) < 4.78 is 0. The van der Waals surface area contributed by atoms with Crippen molar-refractivity contribution in [1.82, 2.24) is 9.88 Å². The number of amides is 1. The number of nitrogens with zero attached hydrogens (tertiary/aromatic N) is 2. The molecule has 2 heterocycles. The zero-order chi connectivity index (χ0) is 14.8. The number of aromatic nitrogens is 1. The Morgan fingerprint density at radius 3 is 2.85 bits per heavy atom. The summed E-state index contributed by atoms with van der Waals surface area (Å²) in [6, 6.07) is 4.88. The number of carboxylic acids is 1. The van der Waals surface area contributed by atoms with Crippen LogP contribution in [0.25, 0.3) is 0 Å². The highest BCUT2D eigenvalue weighted by molar-refractivity contribution is 5.85. The van der Waals surface area contributed by atoms with Crippen LogP contribution in [-0.4, -0.2) is 33.4 Å². The highest BCUT2D eigenvalue weighted by atomic mass is 16.4. The SMILES string of the molecule is CC1(C)CCC(=O)N(Cc2cccc(C(=O)O)n2)CC1. The van der Waals surface area contributed by atoms with Gasteiger partial charge in [-0.15, -0.1) is 0 Å². The van der Waals surface area contributed by atoms with E-state index in [0.29, 0.717) is 25.2 Å². The second kappa shape index (κ2) is 5.61. The molecule has 1 aromatic rings. The molecule has 1 aliphatic rings. The maximum absolute atomic E-state index is 12.1. The van der Waals surface area contributed by atoms with E-state index in [9.17, 15) is 9.59 Å². The van der Waals surface area contributed by atoms with Crippen molar-refractivity contribution >= 4 is 11.9 Å². The van der Waals surface area contributed by atoms with Gasteiger partial charge in [0.2, 0.25) is 5.91 Å². The first-order chi connectivity index (χ1) is 9.37. The third kappa shape index (κ3) is 3.56. The molecule has 0 unspecified atom stereocenters. The molecule has 1 aromatic heterocycles. The number of aromatic carboxylic acids is 1. The Balaban J connectivity index is 2.10. The van der Waals surface area contributed by atoms with Crippen LogP contribution in [0, 0.1) is 5.41 Å². The van der Waals surface area contributed by atoms with E-state index in [4.69, 9.17) is 5.11 Å². The summed E-state index contributed by atoms with van der Waals surface area (Å²) in [5, 5.41) is 8.94. The lowest BCUT2D eigenvalue weighted by atomic mass is 9.85. The Bertz CT molecular complexity index is 526. The fourth-order valence-corrected chi connectivity index (χ4v) is 2.34. The molecule has 0 atom stereocenters. The zero-order valence-corrected chi connectivity index (χ0v) is 11.9. The van der Waals surface area contributed by atoms with Crippen LogP contribution < -0.4 is 0 Å². The highest BCUT2D eigenvalue weighted by Gasteiger charge is 2.27. The summed E-state index contributed by atoms with van der Waals surface area (Å²) in [6.45, 7) is 5.43. The molecule has 0 bridgehead atoms. The summed E-state index contributed by atoms with van der Waals surface area (Å²) in [4.78, 5) is 28.9. The summed E-state index contributed by atoms with van der Waals surface area (Å²) >= 11 is 0. The van der Waals surface area contributed by atoms with Gasteiger partial charge >= 0.3 is 5.97 Å². The van der Waals surface area contributed by atoms with E-state index in [-0.39, 0.29) is 17.0 Å². The van der Waals surface area contributed by atoms with Gasteiger partial charge in [-0.25, -0.2) is 9.78 Å². The lowest BCUT2D eigenvalue weighted by Crippen LogP contribution is -2.30. The van der Waals surface area contributed by atoms with Gasteiger partial charge < -0.3 is 10.0 Å². The lowest BCUT2D eigenvalue weighted by molar-refractivity contribution is -0.131. The van der Waals surface area contributed by atoms with Gasteiger partial charge in [-0.05, 0) is 30.4 Å². The second-order valence-corrected chi connectivity index (χ2v) is 6.05. The molecule has 1 saturated heterocycles. The number of rotatable bonds is 3. The van der Waals surface area contributed by atoms with Crippen LogP contribution in [0.15, 0.2) is 18.2 Å². The number of likely N-dealkylation sites (tertiary alicyclic amines) is 1. The average molecular weight is 276 g/mol. The molecular formula is C15H20N2O3. The Morgan fingerprint density at radius 2 is 2.15 bits per heavy atom. The third-order valence-corrected chi connectivity index (χ3v) is 3.81. The van der Waals surface area contributed by atoms with Crippen molar-refractivity contribution in [2.45, 2.75) is 39.7 Å². The number of carbonyl (C=O) groups is 2. The molecule has 0 spiro atoms. The van der Waals surface area contributed by atoms with E-state index < -0.39 is 5.97 Å². The minimum atomic E-state index is -1.05. The summed E-state index contributed by atoms with van der Waals surface area (Å²) in [5.41, 5.74) is 0.823. The number of hydrogen-bond donors (Lipinski definition) is 1. The molecule has 1 fully saturated rings. The minimum Gasteiger partial charge on any atom is -0.477 e. The molecule has 2 rings (SSSR count). The lowest BCUT2D eigenvalue weighted by Gasteiger charge is -2.23. The van der Waals surface area contributed by atoms with Gasteiger partial charge in [0.05, 0.1) is 12.2 Å². The summed E-state index contributed by atoms with van der Waals surface area (Å²) in [7, 11) is 0. The number of pyridine rings is 1. The number of carbonyl (C=O) groups excluding carboxylic acids is 1. The van der Waals surface area contributed by atoms with Crippen LogP contribution in [0.4, 0.5) is 0 Å². The van der Waals surface area contributed by atoms with Gasteiger partial charge in [0.15, 0.2) is 0 Å². The minimum absolute atomic E-state index is 0.0186. The fourth-order valence-electron chi connectivity index (χ4n) is 2.34. The Labute approximate surface area is 118 Å². The first-order valence-electron chi connectivity index (χ1n) is 6.84. The zero-order valence-electron chi connectivity index (χ0n) is 11.9. The molecule has 0 radical (unpaired) electrons. The smallest absolute Gasteiger partial charge is 0.354 e. The van der Waals surface area contributed by atoms with E-state index in [2.05, 4.69) is 18.8 Å². The van der Waals surface area contributed by atoms with Gasteiger partial charge in [-0.2, -0.15) is 0 Å². The van der Waals surface area contributed by atoms with Crippen molar-refractivity contribution in [3.05, 3.63) is 29.6 Å². The first kappa shape index (κ1) is 14.5. The van der Waals surface area contributed by atoms with Crippen LogP contribution in [-0.2, 0) is 11.3 Å². The predicted molar refractivity (Wildman–Crippen MR) is 74.2 cm³/mol. The first-order valence-corrected chi connectivity index (χ1v) is 6.84. The molecule has 5 heteroatoms. The van der Waals surface area contributed by atoms with E-state index in [1.54, 1.807) is 17.0 Å². The topological polar surface area (TPSA) is 70.5 Å². The molecule has 1 N–H and O–H groups in total. The fraction of sp³-hybridized carbons (Fsp3) is 0.533. The van der Waals surface area contributed by atoms with Gasteiger partial charge in [0, 0.05) is 13.0 Å². The molecule has 0 aromatic carbocycles. The van der Waals surface area contributed by atoms with Crippen LogP contribution in [0.2, 0.25) is 0 Å². The molecule has 1 aliphatic heterocycles. The highest BCUT2D eigenvalue weighted by Crippen LogP contribution is 2.30. The van der Waals surface area contributed by atoms with Gasteiger partial charge in [0.1, 0.15) is 5.69 Å². The Hall–Kier alpha value is -1.91. The van der Waals surface area contributed by atoms with E-state index in [1.807, 2.05) is 0 Å². The number of hydrogen-bond acceptors (Lipinski definition) is 3. The predicted octanol–water partition coefficient (Wildman–Crippen LogP) is 2.32. The summed E-state index contributed by atoms with van der Waals surface area (Å²) in [6.07, 6.45) is 2.40. The van der Waals surface area contributed by atoms with Crippen molar-refractivity contribution < 1.29 is 14.7 Å². The molecule has 5 nitrogen and oxygen atoms in total. The maximum atomic E-state index is 12.1. The molecule has 20 heavy (non-hydrogen) atoms. The van der Waals surface area contributed by atoms with Gasteiger partial charge in [-0.1, -0.05) is 19.9 Å². The van der Waals surface area contributed by atoms with Gasteiger partial charge in [-0.3, -0.25) is 4.79 Å². The molecular weight excluding hydrogens is 256 g/mol. The largest absolute Gasteiger partial charge is 0.477 e. The van der Waals surface area contributed by atoms with E-state index in [0.717, 1.165) is 12.8 Å². The van der Waals surface area contributed by atoms with Crippen LogP contribution in [0.3, 0.4) is 0 Å². The Kier molecular flexibility index (Phi) is 4.06. The standard InChI is InChI=1S/C15H20N2O3/c1-15(2)7-6-13(18)17(9-8-15)10-11-4-3-5-12(16-11)14(19)20/h3-5H,6-10H2,1-2H3,(H,19,20). The molecule has 0 aliphatic carbocycles. The van der Waals surface area contributed by atoms with Crippen LogP contribution in [0.5, 0.6) is 0 Å². The maximum Gasteiger partial charge on any atom is 0.354 e. The normalized spacial score (nSPS) is 18.7. The molecule has 0 saturated carbocycles. The van der Waals surface area contributed by atoms with Crippen molar-refractivity contribution in [2.24, 2.45) is 5.41 Å². The summed E-state index contributed by atoms with van der Waals surface area (Å²) in [5.74, 6) is -0.923. The monoisotopic (exact) mass is 276 g/mol. The van der Waals surface area contributed by atoms with Crippen molar-refractivity contribution in [3.8, 4) is 0 Å². The van der Waals surface area contributed by atoms with Crippen molar-refractivity contribution in [1.29, 1.82) is 0 Å². The van der Waals surface area contributed by atoms with Crippen molar-refractivity contribution in [2.75, 3.05) is 6.54 Å². The number of carboxylic acid groups (broad SMARTS) is 1. The molecule has 1 amide bonds. The van der Waals surface area contributed by atoms with Crippen LogP contribution in [0.1, 0.15) is 49.3 Å². The average Bonchev–Trinajstić information content (AvgIpc) is 2.52. The molecule has 108 valence electrons. The van der Waals surface area contributed by atoms with E-state index in [1.165, 1.54) is 6.07 Å². The van der Waals surface area contributed by atoms with E-state index >= 15 is 0 Å². The quantitative estimate of drug-likeness (QED) is 0.919. The van der Waals surface area contributed by atoms with Gasteiger partial charge in [0.25, 0.3) is 0 Å².